The quantitative estimate of drug-likeness (QED) is 0.809. The van der Waals surface area contributed by atoms with Crippen molar-refractivity contribution in [1.82, 2.24) is 5.32 Å². The van der Waals surface area contributed by atoms with Gasteiger partial charge in [-0.2, -0.15) is 0 Å². The number of carbonyl (C=O) groups is 1. The molecule has 0 aromatic heterocycles. The molecule has 0 bridgehead atoms. The molecule has 1 aromatic carbocycles. The molecule has 5 heteroatoms. The highest BCUT2D eigenvalue weighted by atomic mass is 19.1. The summed E-state index contributed by atoms with van der Waals surface area (Å²) in [6.07, 6.45) is 1.36. The fourth-order valence-corrected chi connectivity index (χ4v) is 2.11. The number of benzene rings is 1. The molecule has 0 fully saturated rings. The molecule has 0 aliphatic heterocycles. The smallest absolute Gasteiger partial charge is 0.220 e. The number of carbonyl (C=O) groups excluding carboxylic acids is 1. The van der Waals surface area contributed by atoms with Crippen LogP contribution in [0.15, 0.2) is 18.2 Å². The summed E-state index contributed by atoms with van der Waals surface area (Å²) in [5.74, 6) is -1.78. The third-order valence-electron chi connectivity index (χ3n) is 3.32. The molecule has 1 amide bonds. The van der Waals surface area contributed by atoms with Crippen molar-refractivity contribution < 1.29 is 18.7 Å². The first-order valence-corrected chi connectivity index (χ1v) is 6.83. The Kier molecular flexibility index (Phi) is 6.58. The Balaban J connectivity index is 2.60. The maximum absolute atomic E-state index is 13.6. The molecule has 112 valence electrons. The van der Waals surface area contributed by atoms with Crippen molar-refractivity contribution in [1.29, 1.82) is 0 Å². The van der Waals surface area contributed by atoms with Crippen molar-refractivity contribution in [2.45, 2.75) is 45.1 Å². The second-order valence-corrected chi connectivity index (χ2v) is 4.96. The topological polar surface area (TPSA) is 49.3 Å². The van der Waals surface area contributed by atoms with Gasteiger partial charge in [0, 0.05) is 25.1 Å². The van der Waals surface area contributed by atoms with E-state index < -0.39 is 11.6 Å². The van der Waals surface area contributed by atoms with E-state index in [0.29, 0.717) is 12.0 Å². The van der Waals surface area contributed by atoms with Crippen LogP contribution in [0.25, 0.3) is 0 Å². The molecule has 2 unspecified atom stereocenters. The number of amides is 1. The lowest BCUT2D eigenvalue weighted by molar-refractivity contribution is -0.122. The van der Waals surface area contributed by atoms with Crippen LogP contribution in [0.2, 0.25) is 0 Å². The van der Waals surface area contributed by atoms with Gasteiger partial charge in [-0.3, -0.25) is 4.79 Å². The van der Waals surface area contributed by atoms with Gasteiger partial charge in [0.15, 0.2) is 0 Å². The van der Waals surface area contributed by atoms with Gasteiger partial charge in [-0.1, -0.05) is 19.9 Å². The number of hydrogen-bond donors (Lipinski definition) is 2. The van der Waals surface area contributed by atoms with Gasteiger partial charge >= 0.3 is 0 Å². The molecule has 0 spiro atoms. The summed E-state index contributed by atoms with van der Waals surface area (Å²) in [6.45, 7) is 3.66. The molecule has 0 aliphatic rings. The average molecular weight is 285 g/mol. The Bertz CT molecular complexity index is 451. The van der Waals surface area contributed by atoms with Gasteiger partial charge in [0.1, 0.15) is 11.6 Å². The molecule has 2 N–H and O–H groups in total. The summed E-state index contributed by atoms with van der Waals surface area (Å²) < 4.78 is 26.4. The number of aliphatic hydroxyl groups excluding tert-OH is 1. The first-order valence-electron chi connectivity index (χ1n) is 6.83. The first kappa shape index (κ1) is 16.6. The van der Waals surface area contributed by atoms with Crippen molar-refractivity contribution >= 4 is 5.91 Å². The Morgan fingerprint density at radius 2 is 2.10 bits per heavy atom. The highest BCUT2D eigenvalue weighted by molar-refractivity contribution is 5.77. The molecule has 20 heavy (non-hydrogen) atoms. The Hall–Kier alpha value is -1.49. The van der Waals surface area contributed by atoms with E-state index in [1.807, 2.05) is 6.92 Å². The second-order valence-electron chi connectivity index (χ2n) is 4.96. The molecule has 1 aromatic rings. The van der Waals surface area contributed by atoms with Gasteiger partial charge in [-0.25, -0.2) is 8.78 Å². The lowest BCUT2D eigenvalue weighted by Gasteiger charge is -2.18. The largest absolute Gasteiger partial charge is 0.396 e. The Morgan fingerprint density at radius 1 is 1.40 bits per heavy atom. The molecule has 0 saturated carbocycles. The van der Waals surface area contributed by atoms with Crippen molar-refractivity contribution in [3.05, 3.63) is 35.4 Å². The number of aliphatic hydroxyl groups is 1. The Morgan fingerprint density at radius 3 is 2.65 bits per heavy atom. The molecule has 2 atom stereocenters. The van der Waals surface area contributed by atoms with E-state index in [4.69, 9.17) is 5.11 Å². The monoisotopic (exact) mass is 285 g/mol. The van der Waals surface area contributed by atoms with Crippen LogP contribution in [0, 0.1) is 11.6 Å². The minimum Gasteiger partial charge on any atom is -0.396 e. The zero-order valence-electron chi connectivity index (χ0n) is 11.8. The van der Waals surface area contributed by atoms with Crippen LogP contribution in [-0.2, 0) is 4.79 Å². The van der Waals surface area contributed by atoms with Crippen LogP contribution in [0.1, 0.15) is 44.6 Å². The van der Waals surface area contributed by atoms with Gasteiger partial charge < -0.3 is 10.4 Å². The second kappa shape index (κ2) is 7.94. The molecule has 0 saturated heterocycles. The lowest BCUT2D eigenvalue weighted by atomic mass is 9.96. The van der Waals surface area contributed by atoms with Gasteiger partial charge in [0.05, 0.1) is 0 Å². The predicted molar refractivity (Wildman–Crippen MR) is 73.3 cm³/mol. The number of halogens is 2. The van der Waals surface area contributed by atoms with E-state index >= 15 is 0 Å². The molecular weight excluding hydrogens is 264 g/mol. The lowest BCUT2D eigenvalue weighted by Crippen LogP contribution is -2.35. The van der Waals surface area contributed by atoms with Crippen LogP contribution in [0.5, 0.6) is 0 Å². The standard InChI is InChI=1S/C15H21F2NO2/c1-3-12(6-7-19)18-15(20)8-10(2)13-5-4-11(16)9-14(13)17/h4-5,9-10,12,19H,3,6-8H2,1-2H3,(H,18,20). The van der Waals surface area contributed by atoms with Gasteiger partial charge in [0.2, 0.25) is 5.91 Å². The van der Waals surface area contributed by atoms with Crippen molar-refractivity contribution in [3.63, 3.8) is 0 Å². The van der Waals surface area contributed by atoms with Crippen LogP contribution in [0.4, 0.5) is 8.78 Å². The summed E-state index contributed by atoms with van der Waals surface area (Å²) in [5.41, 5.74) is 0.330. The maximum Gasteiger partial charge on any atom is 0.220 e. The Labute approximate surface area is 118 Å². The van der Waals surface area contributed by atoms with E-state index in [0.717, 1.165) is 12.5 Å². The van der Waals surface area contributed by atoms with Crippen LogP contribution >= 0.6 is 0 Å². The first-order chi connectivity index (χ1) is 9.47. The van der Waals surface area contributed by atoms with Crippen LogP contribution < -0.4 is 5.32 Å². The average Bonchev–Trinajstić information content (AvgIpc) is 2.37. The molecule has 0 radical (unpaired) electrons. The van der Waals surface area contributed by atoms with E-state index in [1.165, 1.54) is 12.1 Å². The maximum atomic E-state index is 13.6. The van der Waals surface area contributed by atoms with Crippen molar-refractivity contribution in [2.24, 2.45) is 0 Å². The SMILES string of the molecule is CCC(CCO)NC(=O)CC(C)c1ccc(F)cc1F. The number of rotatable bonds is 7. The normalized spacial score (nSPS) is 13.8. The highest BCUT2D eigenvalue weighted by Gasteiger charge is 2.17. The van der Waals surface area contributed by atoms with Gasteiger partial charge in [-0.15, -0.1) is 0 Å². The summed E-state index contributed by atoms with van der Waals surface area (Å²) >= 11 is 0. The summed E-state index contributed by atoms with van der Waals surface area (Å²) in [6, 6.07) is 3.31. The van der Waals surface area contributed by atoms with E-state index in [9.17, 15) is 13.6 Å². The molecule has 3 nitrogen and oxygen atoms in total. The predicted octanol–water partition coefficient (Wildman–Crippen LogP) is 2.74. The third-order valence-corrected chi connectivity index (χ3v) is 3.32. The fraction of sp³-hybridized carbons (Fsp3) is 0.533. The highest BCUT2D eigenvalue weighted by Crippen LogP contribution is 2.22. The van der Waals surface area contributed by atoms with Crippen molar-refractivity contribution in [2.75, 3.05) is 6.61 Å². The zero-order valence-corrected chi connectivity index (χ0v) is 11.8. The van der Waals surface area contributed by atoms with Gasteiger partial charge in [0.25, 0.3) is 0 Å². The molecule has 0 aliphatic carbocycles. The number of nitrogens with one attached hydrogen (secondary N) is 1. The van der Waals surface area contributed by atoms with Crippen LogP contribution in [0.3, 0.4) is 0 Å². The minimum absolute atomic E-state index is 0.0148. The summed E-state index contributed by atoms with van der Waals surface area (Å²) in [7, 11) is 0. The third kappa shape index (κ3) is 4.89. The minimum atomic E-state index is -0.632. The van der Waals surface area contributed by atoms with Gasteiger partial charge in [-0.05, 0) is 30.4 Å². The molecule has 1 rings (SSSR count). The fourth-order valence-electron chi connectivity index (χ4n) is 2.11. The van der Waals surface area contributed by atoms with E-state index in [2.05, 4.69) is 5.32 Å². The molecular formula is C15H21F2NO2. The number of hydrogen-bond acceptors (Lipinski definition) is 2. The molecule has 0 heterocycles. The summed E-state index contributed by atoms with van der Waals surface area (Å²) in [4.78, 5) is 11.9. The van der Waals surface area contributed by atoms with E-state index in [1.54, 1.807) is 6.92 Å². The van der Waals surface area contributed by atoms with E-state index in [-0.39, 0.29) is 30.9 Å². The van der Waals surface area contributed by atoms with Crippen molar-refractivity contribution in [3.8, 4) is 0 Å². The summed E-state index contributed by atoms with van der Waals surface area (Å²) in [5, 5.41) is 11.7. The zero-order chi connectivity index (χ0) is 15.1. The van der Waals surface area contributed by atoms with Crippen LogP contribution in [-0.4, -0.2) is 23.7 Å².